The summed E-state index contributed by atoms with van der Waals surface area (Å²) in [6.45, 7) is 8.75. The van der Waals surface area contributed by atoms with Crippen molar-refractivity contribution in [3.63, 3.8) is 0 Å². The summed E-state index contributed by atoms with van der Waals surface area (Å²) in [5.41, 5.74) is 0. The van der Waals surface area contributed by atoms with Crippen molar-refractivity contribution in [2.75, 3.05) is 33.2 Å². The van der Waals surface area contributed by atoms with Gasteiger partial charge >= 0.3 is 0 Å². The van der Waals surface area contributed by atoms with Gasteiger partial charge in [-0.1, -0.05) is 0 Å². The first-order valence-electron chi connectivity index (χ1n) is 6.28. The molecule has 16 heavy (non-hydrogen) atoms. The number of carbonyl (C=O) groups is 1. The molecule has 1 aliphatic heterocycles. The van der Waals surface area contributed by atoms with Gasteiger partial charge in [-0.05, 0) is 39.3 Å². The Bertz CT molecular complexity index is 218. The van der Waals surface area contributed by atoms with Gasteiger partial charge in [0.1, 0.15) is 0 Å². The Kier molecular flexibility index (Phi) is 5.77. The molecule has 1 fully saturated rings. The fourth-order valence-electron chi connectivity index (χ4n) is 2.13. The molecule has 4 heteroatoms. The molecule has 1 rings (SSSR count). The fraction of sp³-hybridized carbons (Fsp3) is 0.917. The molecule has 0 aromatic rings. The van der Waals surface area contributed by atoms with Gasteiger partial charge in [0.2, 0.25) is 5.91 Å². The van der Waals surface area contributed by atoms with Crippen LogP contribution < -0.4 is 10.6 Å². The summed E-state index contributed by atoms with van der Waals surface area (Å²) in [4.78, 5) is 13.5. The van der Waals surface area contributed by atoms with Crippen LogP contribution in [0.4, 0.5) is 0 Å². The van der Waals surface area contributed by atoms with Crippen molar-refractivity contribution in [1.82, 2.24) is 15.5 Å². The molecule has 0 bridgehead atoms. The van der Waals surface area contributed by atoms with E-state index in [9.17, 15) is 4.79 Å². The molecule has 2 N–H and O–H groups in total. The highest BCUT2D eigenvalue weighted by atomic mass is 16.1. The molecular weight excluding hydrogens is 202 g/mol. The molecule has 0 aromatic carbocycles. The van der Waals surface area contributed by atoms with Crippen LogP contribution >= 0.6 is 0 Å². The smallest absolute Gasteiger partial charge is 0.221 e. The summed E-state index contributed by atoms with van der Waals surface area (Å²) in [6, 6.07) is 0.663. The molecule has 1 heterocycles. The second kappa shape index (κ2) is 6.86. The summed E-state index contributed by atoms with van der Waals surface area (Å²) in [5.74, 6) is 0.870. The molecule has 4 nitrogen and oxygen atoms in total. The summed E-state index contributed by atoms with van der Waals surface area (Å²) >= 11 is 0. The van der Waals surface area contributed by atoms with Crippen LogP contribution in [0.2, 0.25) is 0 Å². The van der Waals surface area contributed by atoms with E-state index in [-0.39, 0.29) is 5.91 Å². The van der Waals surface area contributed by atoms with E-state index in [1.54, 1.807) is 7.05 Å². The van der Waals surface area contributed by atoms with Gasteiger partial charge in [-0.15, -0.1) is 0 Å². The highest BCUT2D eigenvalue weighted by Gasteiger charge is 2.23. The van der Waals surface area contributed by atoms with E-state index in [0.29, 0.717) is 12.5 Å². The molecule has 0 spiro atoms. The minimum Gasteiger partial charge on any atom is -0.359 e. The van der Waals surface area contributed by atoms with Crippen molar-refractivity contribution >= 4 is 5.91 Å². The van der Waals surface area contributed by atoms with Crippen LogP contribution in [-0.2, 0) is 4.79 Å². The highest BCUT2D eigenvalue weighted by Crippen LogP contribution is 2.17. The van der Waals surface area contributed by atoms with Gasteiger partial charge in [-0.3, -0.25) is 4.79 Å². The van der Waals surface area contributed by atoms with Crippen molar-refractivity contribution in [1.29, 1.82) is 0 Å². The molecule has 1 atom stereocenters. The van der Waals surface area contributed by atoms with Gasteiger partial charge in [0.25, 0.3) is 0 Å². The maximum absolute atomic E-state index is 11.0. The van der Waals surface area contributed by atoms with E-state index in [1.807, 2.05) is 0 Å². The average Bonchev–Trinajstić information content (AvgIpc) is 2.72. The van der Waals surface area contributed by atoms with Crippen LogP contribution in [0, 0.1) is 5.92 Å². The molecule has 0 aliphatic carbocycles. The number of amides is 1. The molecule has 1 amide bonds. The second-order valence-electron chi connectivity index (χ2n) is 4.87. The maximum Gasteiger partial charge on any atom is 0.221 e. The largest absolute Gasteiger partial charge is 0.359 e. The monoisotopic (exact) mass is 227 g/mol. The molecule has 1 unspecified atom stereocenters. The highest BCUT2D eigenvalue weighted by molar-refractivity contribution is 5.75. The van der Waals surface area contributed by atoms with Crippen molar-refractivity contribution < 1.29 is 4.79 Å². The summed E-state index contributed by atoms with van der Waals surface area (Å²) in [7, 11) is 1.68. The van der Waals surface area contributed by atoms with Crippen molar-refractivity contribution in [2.45, 2.75) is 32.7 Å². The number of nitrogens with zero attached hydrogens (tertiary/aromatic N) is 1. The van der Waals surface area contributed by atoms with E-state index in [2.05, 4.69) is 29.4 Å². The summed E-state index contributed by atoms with van der Waals surface area (Å²) < 4.78 is 0. The zero-order valence-corrected chi connectivity index (χ0v) is 10.8. The van der Waals surface area contributed by atoms with Gasteiger partial charge in [0, 0.05) is 32.6 Å². The summed E-state index contributed by atoms with van der Waals surface area (Å²) in [5, 5.41) is 5.99. The van der Waals surface area contributed by atoms with Gasteiger partial charge in [-0.25, -0.2) is 0 Å². The van der Waals surface area contributed by atoms with E-state index in [4.69, 9.17) is 0 Å². The Morgan fingerprint density at radius 1 is 1.50 bits per heavy atom. The molecule has 1 saturated heterocycles. The van der Waals surface area contributed by atoms with Crippen molar-refractivity contribution in [2.24, 2.45) is 5.92 Å². The number of hydrogen-bond donors (Lipinski definition) is 2. The van der Waals surface area contributed by atoms with Crippen LogP contribution in [0.5, 0.6) is 0 Å². The van der Waals surface area contributed by atoms with Crippen LogP contribution in [-0.4, -0.2) is 50.1 Å². The van der Waals surface area contributed by atoms with Gasteiger partial charge in [0.15, 0.2) is 0 Å². The molecule has 0 saturated carbocycles. The van der Waals surface area contributed by atoms with E-state index < -0.39 is 0 Å². The Hall–Kier alpha value is -0.610. The Balaban J connectivity index is 2.05. The molecule has 0 radical (unpaired) electrons. The molecule has 94 valence electrons. The Morgan fingerprint density at radius 2 is 2.25 bits per heavy atom. The normalized spacial score (nSPS) is 21.6. The topological polar surface area (TPSA) is 44.4 Å². The minimum absolute atomic E-state index is 0.114. The number of hydrogen-bond acceptors (Lipinski definition) is 3. The number of likely N-dealkylation sites (tertiary alicyclic amines) is 1. The molecule has 0 aromatic heterocycles. The first kappa shape index (κ1) is 13.5. The summed E-state index contributed by atoms with van der Waals surface area (Å²) in [6.07, 6.45) is 1.86. The minimum atomic E-state index is 0.114. The predicted octanol–water partition coefficient (Wildman–Crippen LogP) is 0.442. The number of nitrogens with one attached hydrogen (secondary N) is 2. The molecular formula is C12H25N3O. The lowest BCUT2D eigenvalue weighted by molar-refractivity contribution is -0.120. The SMILES string of the molecule is CNC(=O)CCNCC1CCN(C(C)C)C1. The Labute approximate surface area is 98.8 Å². The van der Waals surface area contributed by atoms with E-state index in [0.717, 1.165) is 19.0 Å². The van der Waals surface area contributed by atoms with Gasteiger partial charge in [0.05, 0.1) is 0 Å². The zero-order chi connectivity index (χ0) is 12.0. The van der Waals surface area contributed by atoms with Crippen LogP contribution in [0.3, 0.4) is 0 Å². The maximum atomic E-state index is 11.0. The first-order valence-corrected chi connectivity index (χ1v) is 6.28. The number of carbonyl (C=O) groups excluding carboxylic acids is 1. The van der Waals surface area contributed by atoms with Crippen molar-refractivity contribution in [3.8, 4) is 0 Å². The third-order valence-electron chi connectivity index (χ3n) is 3.29. The van der Waals surface area contributed by atoms with Crippen molar-refractivity contribution in [3.05, 3.63) is 0 Å². The first-order chi connectivity index (χ1) is 7.63. The van der Waals surface area contributed by atoms with Crippen LogP contribution in [0.15, 0.2) is 0 Å². The van der Waals surface area contributed by atoms with Crippen LogP contribution in [0.25, 0.3) is 0 Å². The van der Waals surface area contributed by atoms with E-state index in [1.165, 1.54) is 19.5 Å². The lowest BCUT2D eigenvalue weighted by atomic mass is 10.1. The second-order valence-corrected chi connectivity index (χ2v) is 4.87. The Morgan fingerprint density at radius 3 is 2.81 bits per heavy atom. The number of rotatable bonds is 6. The zero-order valence-electron chi connectivity index (χ0n) is 10.8. The molecule has 1 aliphatic rings. The van der Waals surface area contributed by atoms with E-state index >= 15 is 0 Å². The van der Waals surface area contributed by atoms with Gasteiger partial charge < -0.3 is 15.5 Å². The van der Waals surface area contributed by atoms with Gasteiger partial charge in [-0.2, -0.15) is 0 Å². The van der Waals surface area contributed by atoms with Crippen LogP contribution in [0.1, 0.15) is 26.7 Å². The average molecular weight is 227 g/mol. The fourth-order valence-corrected chi connectivity index (χ4v) is 2.13. The third kappa shape index (κ3) is 4.49. The third-order valence-corrected chi connectivity index (χ3v) is 3.29. The lowest BCUT2D eigenvalue weighted by Crippen LogP contribution is -2.32. The quantitative estimate of drug-likeness (QED) is 0.647. The predicted molar refractivity (Wildman–Crippen MR) is 66.4 cm³/mol. The standard InChI is InChI=1S/C12H25N3O/c1-10(2)15-7-5-11(9-15)8-14-6-4-12(16)13-3/h10-11,14H,4-9H2,1-3H3,(H,13,16). The lowest BCUT2D eigenvalue weighted by Gasteiger charge is -2.20.